The van der Waals surface area contributed by atoms with E-state index < -0.39 is 18.0 Å². The predicted octanol–water partition coefficient (Wildman–Crippen LogP) is 1.04. The number of rotatable bonds is 6. The second-order valence-electron chi connectivity index (χ2n) is 4.04. The second kappa shape index (κ2) is 7.49. The molecule has 0 saturated heterocycles. The van der Waals surface area contributed by atoms with Gasteiger partial charge in [0.25, 0.3) is 0 Å². The highest BCUT2D eigenvalue weighted by Gasteiger charge is 2.21. The highest BCUT2D eigenvalue weighted by atomic mass is 16.4. The lowest BCUT2D eigenvalue weighted by Gasteiger charge is -2.21. The molecule has 2 atom stereocenters. The van der Waals surface area contributed by atoms with Gasteiger partial charge in [0.2, 0.25) is 0 Å². The van der Waals surface area contributed by atoms with E-state index in [2.05, 4.69) is 5.32 Å². The van der Waals surface area contributed by atoms with E-state index >= 15 is 0 Å². The molecule has 17 heavy (non-hydrogen) atoms. The van der Waals surface area contributed by atoms with Crippen molar-refractivity contribution >= 4 is 12.0 Å². The van der Waals surface area contributed by atoms with Gasteiger partial charge in [0.1, 0.15) is 6.04 Å². The van der Waals surface area contributed by atoms with Crippen LogP contribution in [0.2, 0.25) is 0 Å². The fourth-order valence-electron chi connectivity index (χ4n) is 1.34. The molecule has 2 amide bonds. The lowest BCUT2D eigenvalue weighted by molar-refractivity contribution is -0.139. The van der Waals surface area contributed by atoms with Gasteiger partial charge in [-0.05, 0) is 13.3 Å². The van der Waals surface area contributed by atoms with Crippen molar-refractivity contribution in [2.75, 3.05) is 13.6 Å². The molecule has 0 aliphatic rings. The minimum absolute atomic E-state index is 0.278. The van der Waals surface area contributed by atoms with Crippen LogP contribution in [-0.2, 0) is 4.79 Å². The SMILES string of the molecule is CCC[C@@H](NC(=O)N(C)CC(C)C#N)C(=O)O. The third-order valence-corrected chi connectivity index (χ3v) is 2.29. The lowest BCUT2D eigenvalue weighted by Crippen LogP contribution is -2.47. The zero-order valence-corrected chi connectivity index (χ0v) is 10.4. The van der Waals surface area contributed by atoms with E-state index in [9.17, 15) is 9.59 Å². The molecule has 1 unspecified atom stereocenters. The van der Waals surface area contributed by atoms with Crippen LogP contribution < -0.4 is 5.32 Å². The van der Waals surface area contributed by atoms with Crippen molar-refractivity contribution in [3.05, 3.63) is 0 Å². The van der Waals surface area contributed by atoms with Crippen LogP contribution in [0, 0.1) is 17.2 Å². The highest BCUT2D eigenvalue weighted by molar-refractivity contribution is 5.82. The fraction of sp³-hybridized carbons (Fsp3) is 0.727. The Morgan fingerprint density at radius 1 is 1.53 bits per heavy atom. The molecule has 6 heteroatoms. The molecular formula is C11H19N3O3. The summed E-state index contributed by atoms with van der Waals surface area (Å²) in [6.45, 7) is 3.83. The molecule has 96 valence electrons. The van der Waals surface area contributed by atoms with Crippen LogP contribution >= 0.6 is 0 Å². The molecule has 6 nitrogen and oxygen atoms in total. The number of aliphatic carboxylic acids is 1. The number of urea groups is 1. The first-order valence-electron chi connectivity index (χ1n) is 5.56. The van der Waals surface area contributed by atoms with Crippen LogP contribution in [0.5, 0.6) is 0 Å². The maximum Gasteiger partial charge on any atom is 0.326 e. The molecule has 0 fully saturated rings. The molecule has 0 spiro atoms. The Balaban J connectivity index is 4.31. The van der Waals surface area contributed by atoms with Gasteiger partial charge in [0.15, 0.2) is 0 Å². The predicted molar refractivity (Wildman–Crippen MR) is 62.3 cm³/mol. The van der Waals surface area contributed by atoms with Gasteiger partial charge in [-0.2, -0.15) is 5.26 Å². The van der Waals surface area contributed by atoms with Crippen molar-refractivity contribution in [1.29, 1.82) is 5.26 Å². The molecule has 0 aromatic rings. The smallest absolute Gasteiger partial charge is 0.326 e. The van der Waals surface area contributed by atoms with Gasteiger partial charge in [0.05, 0.1) is 12.0 Å². The summed E-state index contributed by atoms with van der Waals surface area (Å²) in [7, 11) is 1.54. The number of carboxylic acid groups (broad SMARTS) is 1. The van der Waals surface area contributed by atoms with E-state index in [1.807, 2.05) is 13.0 Å². The summed E-state index contributed by atoms with van der Waals surface area (Å²) in [5.74, 6) is -1.32. The van der Waals surface area contributed by atoms with E-state index in [1.165, 1.54) is 11.9 Å². The number of hydrogen-bond acceptors (Lipinski definition) is 3. The molecule has 0 radical (unpaired) electrons. The van der Waals surface area contributed by atoms with E-state index in [1.54, 1.807) is 6.92 Å². The Bertz CT molecular complexity index is 312. The van der Waals surface area contributed by atoms with Gasteiger partial charge >= 0.3 is 12.0 Å². The summed E-state index contributed by atoms with van der Waals surface area (Å²) < 4.78 is 0. The average molecular weight is 241 g/mol. The molecule has 0 aliphatic heterocycles. The third kappa shape index (κ3) is 5.76. The number of carbonyl (C=O) groups excluding carboxylic acids is 1. The Morgan fingerprint density at radius 2 is 2.12 bits per heavy atom. The molecule has 0 aromatic heterocycles. The molecule has 0 bridgehead atoms. The lowest BCUT2D eigenvalue weighted by atomic mass is 10.1. The Kier molecular flexibility index (Phi) is 6.71. The summed E-state index contributed by atoms with van der Waals surface area (Å²) >= 11 is 0. The summed E-state index contributed by atoms with van der Waals surface area (Å²) in [5.41, 5.74) is 0. The minimum atomic E-state index is -1.04. The van der Waals surface area contributed by atoms with Gasteiger partial charge in [-0.15, -0.1) is 0 Å². The van der Waals surface area contributed by atoms with Crippen molar-refractivity contribution in [3.8, 4) is 6.07 Å². The minimum Gasteiger partial charge on any atom is -0.480 e. The average Bonchev–Trinajstić information content (AvgIpc) is 2.27. The maximum atomic E-state index is 11.6. The van der Waals surface area contributed by atoms with Crippen LogP contribution in [0.1, 0.15) is 26.7 Å². The first kappa shape index (κ1) is 15.2. The van der Waals surface area contributed by atoms with E-state index in [4.69, 9.17) is 10.4 Å². The van der Waals surface area contributed by atoms with Gasteiger partial charge in [-0.25, -0.2) is 9.59 Å². The largest absolute Gasteiger partial charge is 0.480 e. The third-order valence-electron chi connectivity index (χ3n) is 2.29. The topological polar surface area (TPSA) is 93.4 Å². The van der Waals surface area contributed by atoms with Gasteiger partial charge in [-0.3, -0.25) is 0 Å². The van der Waals surface area contributed by atoms with E-state index in [-0.39, 0.29) is 12.5 Å². The number of carbonyl (C=O) groups is 2. The molecule has 0 rings (SSSR count). The maximum absolute atomic E-state index is 11.6. The van der Waals surface area contributed by atoms with Crippen LogP contribution in [0.4, 0.5) is 4.79 Å². The van der Waals surface area contributed by atoms with Crippen LogP contribution in [0.25, 0.3) is 0 Å². The van der Waals surface area contributed by atoms with Crippen molar-refractivity contribution in [2.45, 2.75) is 32.7 Å². The first-order chi connectivity index (χ1) is 7.92. The summed E-state index contributed by atoms with van der Waals surface area (Å²) in [6, 6.07) is 0.681. The number of carboxylic acids is 1. The monoisotopic (exact) mass is 241 g/mol. The van der Waals surface area contributed by atoms with Gasteiger partial charge < -0.3 is 15.3 Å². The Labute approximate surface area is 101 Å². The molecule has 0 heterocycles. The van der Waals surface area contributed by atoms with Crippen molar-refractivity contribution in [3.63, 3.8) is 0 Å². The number of nitriles is 1. The molecule has 2 N–H and O–H groups in total. The quantitative estimate of drug-likeness (QED) is 0.726. The van der Waals surface area contributed by atoms with E-state index in [0.717, 1.165) is 0 Å². The molecule has 0 saturated carbocycles. The van der Waals surface area contributed by atoms with Crippen molar-refractivity contribution < 1.29 is 14.7 Å². The zero-order chi connectivity index (χ0) is 13.4. The van der Waals surface area contributed by atoms with Crippen LogP contribution in [0.15, 0.2) is 0 Å². The van der Waals surface area contributed by atoms with Crippen LogP contribution in [0.3, 0.4) is 0 Å². The Morgan fingerprint density at radius 3 is 2.53 bits per heavy atom. The standard InChI is InChI=1S/C11H19N3O3/c1-4-5-9(10(15)16)13-11(17)14(3)7-8(2)6-12/h8-9H,4-5,7H2,1-3H3,(H,13,17)(H,15,16)/t8?,9-/m1/s1. The number of nitrogens with one attached hydrogen (secondary N) is 1. The number of nitrogens with zero attached hydrogens (tertiary/aromatic N) is 2. The normalized spacial score (nSPS) is 13.3. The number of hydrogen-bond donors (Lipinski definition) is 2. The molecular weight excluding hydrogens is 222 g/mol. The molecule has 0 aliphatic carbocycles. The fourth-order valence-corrected chi connectivity index (χ4v) is 1.34. The first-order valence-corrected chi connectivity index (χ1v) is 5.56. The molecule has 0 aromatic carbocycles. The van der Waals surface area contributed by atoms with Gasteiger partial charge in [-0.1, -0.05) is 13.3 Å². The zero-order valence-electron chi connectivity index (χ0n) is 10.4. The summed E-state index contributed by atoms with van der Waals surface area (Å²) in [5, 5.41) is 19.9. The Hall–Kier alpha value is -1.77. The van der Waals surface area contributed by atoms with Crippen molar-refractivity contribution in [2.24, 2.45) is 5.92 Å². The summed E-state index contributed by atoms with van der Waals surface area (Å²) in [4.78, 5) is 23.8. The van der Waals surface area contributed by atoms with Crippen molar-refractivity contribution in [1.82, 2.24) is 10.2 Å². The highest BCUT2D eigenvalue weighted by Crippen LogP contribution is 2.00. The number of amides is 2. The summed E-state index contributed by atoms with van der Waals surface area (Å²) in [6.07, 6.45) is 1.07. The second-order valence-corrected chi connectivity index (χ2v) is 4.04. The van der Waals surface area contributed by atoms with Gasteiger partial charge in [0, 0.05) is 13.6 Å². The van der Waals surface area contributed by atoms with Crippen LogP contribution in [-0.4, -0.2) is 41.6 Å². The van der Waals surface area contributed by atoms with E-state index in [0.29, 0.717) is 12.8 Å².